The third kappa shape index (κ3) is 3.33. The van der Waals surface area contributed by atoms with Gasteiger partial charge in [0, 0.05) is 32.3 Å². The van der Waals surface area contributed by atoms with E-state index in [2.05, 4.69) is 10.6 Å². The van der Waals surface area contributed by atoms with Gasteiger partial charge in [-0.25, -0.2) is 4.79 Å². The molecule has 3 aliphatic rings. The lowest BCUT2D eigenvalue weighted by Gasteiger charge is -2.38. The number of halogens is 1. The fourth-order valence-electron chi connectivity index (χ4n) is 3.36. The van der Waals surface area contributed by atoms with Crippen LogP contribution in [-0.2, 0) is 4.74 Å². The Bertz CT molecular complexity index is 315. The molecule has 110 valence electrons. The first kappa shape index (κ1) is 14.9. The minimum absolute atomic E-state index is 0. The van der Waals surface area contributed by atoms with Gasteiger partial charge in [0.25, 0.3) is 0 Å². The van der Waals surface area contributed by atoms with Crippen LogP contribution in [0, 0.1) is 0 Å². The maximum Gasteiger partial charge on any atom is 0.317 e. The van der Waals surface area contributed by atoms with E-state index in [9.17, 15) is 4.79 Å². The number of carbonyl (C=O) groups is 1. The highest BCUT2D eigenvalue weighted by molar-refractivity contribution is 5.85. The number of nitrogens with zero attached hydrogens (tertiary/aromatic N) is 1. The standard InChI is InChI=1S/C13H23N3O2.ClH/c17-12(16-6-1-2-7-16)15-11-3-8-18-13(9-11)4-5-14-10-13;/h11,14H,1-10H2,(H,15,17);1H/t11-,13+;/m0./s1. The molecule has 0 radical (unpaired) electrons. The molecule has 1 spiro atoms. The van der Waals surface area contributed by atoms with Gasteiger partial charge in [0.2, 0.25) is 0 Å². The fraction of sp³-hybridized carbons (Fsp3) is 0.923. The highest BCUT2D eigenvalue weighted by atomic mass is 35.5. The van der Waals surface area contributed by atoms with E-state index >= 15 is 0 Å². The maximum atomic E-state index is 12.1. The van der Waals surface area contributed by atoms with Gasteiger partial charge in [-0.15, -0.1) is 12.4 Å². The molecule has 2 amide bonds. The molecule has 6 heteroatoms. The Morgan fingerprint density at radius 1 is 1.37 bits per heavy atom. The Balaban J connectivity index is 0.00000133. The summed E-state index contributed by atoms with van der Waals surface area (Å²) < 4.78 is 5.94. The highest BCUT2D eigenvalue weighted by Crippen LogP contribution is 2.30. The van der Waals surface area contributed by atoms with Gasteiger partial charge in [-0.05, 0) is 38.6 Å². The van der Waals surface area contributed by atoms with E-state index in [0.717, 1.165) is 64.9 Å². The minimum atomic E-state index is -0.0127. The van der Waals surface area contributed by atoms with Crippen molar-refractivity contribution in [1.82, 2.24) is 15.5 Å². The van der Waals surface area contributed by atoms with Gasteiger partial charge in [-0.2, -0.15) is 0 Å². The first-order chi connectivity index (χ1) is 8.77. The second-order valence-corrected chi connectivity index (χ2v) is 5.79. The topological polar surface area (TPSA) is 53.6 Å². The van der Waals surface area contributed by atoms with Gasteiger partial charge >= 0.3 is 6.03 Å². The number of amides is 2. The first-order valence-electron chi connectivity index (χ1n) is 7.18. The second kappa shape index (κ2) is 6.29. The summed E-state index contributed by atoms with van der Waals surface area (Å²) in [7, 11) is 0. The summed E-state index contributed by atoms with van der Waals surface area (Å²) in [6, 6.07) is 0.409. The molecular weight excluding hydrogens is 266 g/mol. The highest BCUT2D eigenvalue weighted by Gasteiger charge is 2.40. The number of likely N-dealkylation sites (tertiary alicyclic amines) is 1. The monoisotopic (exact) mass is 289 g/mol. The van der Waals surface area contributed by atoms with Crippen molar-refractivity contribution in [2.45, 2.75) is 43.7 Å². The summed E-state index contributed by atoms with van der Waals surface area (Å²) in [5.41, 5.74) is -0.0127. The van der Waals surface area contributed by atoms with Crippen molar-refractivity contribution in [1.29, 1.82) is 0 Å². The number of carbonyl (C=O) groups excluding carboxylic acids is 1. The molecule has 5 nitrogen and oxygen atoms in total. The molecule has 0 aromatic carbocycles. The van der Waals surface area contributed by atoms with Crippen molar-refractivity contribution in [3.63, 3.8) is 0 Å². The molecule has 0 bridgehead atoms. The second-order valence-electron chi connectivity index (χ2n) is 5.79. The van der Waals surface area contributed by atoms with Crippen LogP contribution < -0.4 is 10.6 Å². The van der Waals surface area contributed by atoms with E-state index in [0.29, 0.717) is 0 Å². The van der Waals surface area contributed by atoms with Crippen LogP contribution in [0.4, 0.5) is 4.79 Å². The quantitative estimate of drug-likeness (QED) is 0.761. The largest absolute Gasteiger partial charge is 0.373 e. The third-order valence-electron chi connectivity index (χ3n) is 4.42. The van der Waals surface area contributed by atoms with Crippen molar-refractivity contribution in [2.75, 3.05) is 32.8 Å². The van der Waals surface area contributed by atoms with Crippen LogP contribution in [0.15, 0.2) is 0 Å². The number of nitrogens with one attached hydrogen (secondary N) is 2. The molecule has 3 heterocycles. The van der Waals surface area contributed by atoms with Gasteiger partial charge in [-0.1, -0.05) is 0 Å². The summed E-state index contributed by atoms with van der Waals surface area (Å²) in [4.78, 5) is 14.0. The van der Waals surface area contributed by atoms with Gasteiger partial charge in [0.1, 0.15) is 0 Å². The van der Waals surface area contributed by atoms with Crippen LogP contribution in [0.5, 0.6) is 0 Å². The number of ether oxygens (including phenoxy) is 1. The number of urea groups is 1. The molecule has 2 atom stereocenters. The molecule has 0 aliphatic carbocycles. The Morgan fingerprint density at radius 2 is 2.16 bits per heavy atom. The molecule has 19 heavy (non-hydrogen) atoms. The van der Waals surface area contributed by atoms with Gasteiger partial charge in [0.15, 0.2) is 0 Å². The van der Waals surface area contributed by atoms with Gasteiger partial charge in [0.05, 0.1) is 5.60 Å². The first-order valence-corrected chi connectivity index (χ1v) is 7.18. The maximum absolute atomic E-state index is 12.1. The average molecular weight is 290 g/mol. The fourth-order valence-corrected chi connectivity index (χ4v) is 3.36. The molecule has 0 unspecified atom stereocenters. The molecule has 3 aliphatic heterocycles. The van der Waals surface area contributed by atoms with Gasteiger partial charge in [-0.3, -0.25) is 0 Å². The molecule has 0 saturated carbocycles. The van der Waals surface area contributed by atoms with Crippen LogP contribution in [0.25, 0.3) is 0 Å². The van der Waals surface area contributed by atoms with Crippen molar-refractivity contribution >= 4 is 18.4 Å². The normalized spacial score (nSPS) is 34.3. The summed E-state index contributed by atoms with van der Waals surface area (Å²) >= 11 is 0. The van der Waals surface area contributed by atoms with E-state index in [1.54, 1.807) is 0 Å². The molecule has 0 aromatic rings. The lowest BCUT2D eigenvalue weighted by atomic mass is 9.89. The van der Waals surface area contributed by atoms with Crippen molar-refractivity contribution < 1.29 is 9.53 Å². The van der Waals surface area contributed by atoms with Crippen LogP contribution in [0.1, 0.15) is 32.1 Å². The van der Waals surface area contributed by atoms with Crippen molar-refractivity contribution in [2.24, 2.45) is 0 Å². The summed E-state index contributed by atoms with van der Waals surface area (Å²) in [5, 5.41) is 6.55. The SMILES string of the molecule is Cl.O=C(N[C@H]1CCO[C@]2(CCNC2)C1)N1CCCC1. The molecule has 3 fully saturated rings. The predicted molar refractivity (Wildman–Crippen MR) is 75.8 cm³/mol. The lowest BCUT2D eigenvalue weighted by molar-refractivity contribution is -0.0731. The zero-order chi connectivity index (χ0) is 12.4. The van der Waals surface area contributed by atoms with Gasteiger partial charge < -0.3 is 20.3 Å². The van der Waals surface area contributed by atoms with Crippen molar-refractivity contribution in [3.8, 4) is 0 Å². The minimum Gasteiger partial charge on any atom is -0.373 e. The Morgan fingerprint density at radius 3 is 2.84 bits per heavy atom. The number of rotatable bonds is 1. The lowest BCUT2D eigenvalue weighted by Crippen LogP contribution is -2.52. The average Bonchev–Trinajstić information content (AvgIpc) is 3.01. The zero-order valence-electron chi connectivity index (χ0n) is 11.3. The molecule has 2 N–H and O–H groups in total. The van der Waals surface area contributed by atoms with E-state index in [1.807, 2.05) is 4.90 Å². The molecule has 3 saturated heterocycles. The van der Waals surface area contributed by atoms with Crippen LogP contribution in [-0.4, -0.2) is 55.4 Å². The smallest absolute Gasteiger partial charge is 0.317 e. The Labute approximate surface area is 120 Å². The molecular formula is C13H24ClN3O2. The third-order valence-corrected chi connectivity index (χ3v) is 4.42. The number of hydrogen-bond donors (Lipinski definition) is 2. The van der Waals surface area contributed by atoms with Crippen LogP contribution in [0.2, 0.25) is 0 Å². The Hall–Kier alpha value is -0.520. The summed E-state index contributed by atoms with van der Waals surface area (Å²) in [6.07, 6.45) is 5.27. The van der Waals surface area contributed by atoms with E-state index in [4.69, 9.17) is 4.74 Å². The zero-order valence-corrected chi connectivity index (χ0v) is 12.1. The predicted octanol–water partition coefficient (Wildman–Crippen LogP) is 1.12. The molecule has 0 aromatic heterocycles. The van der Waals surface area contributed by atoms with E-state index in [1.165, 1.54) is 0 Å². The number of hydrogen-bond acceptors (Lipinski definition) is 3. The Kier molecular flexibility index (Phi) is 4.92. The molecule has 3 rings (SSSR count). The van der Waals surface area contributed by atoms with E-state index < -0.39 is 0 Å². The van der Waals surface area contributed by atoms with Crippen molar-refractivity contribution in [3.05, 3.63) is 0 Å². The summed E-state index contributed by atoms with van der Waals surface area (Å²) in [6.45, 7) is 4.58. The van der Waals surface area contributed by atoms with Crippen LogP contribution in [0.3, 0.4) is 0 Å². The van der Waals surface area contributed by atoms with E-state index in [-0.39, 0.29) is 30.1 Å². The van der Waals surface area contributed by atoms with Crippen LogP contribution >= 0.6 is 12.4 Å². The summed E-state index contributed by atoms with van der Waals surface area (Å²) in [5.74, 6) is 0.